The van der Waals surface area contributed by atoms with Gasteiger partial charge in [-0.2, -0.15) is 0 Å². The normalized spacial score (nSPS) is 28.5. The third-order valence-electron chi connectivity index (χ3n) is 4.01. The van der Waals surface area contributed by atoms with E-state index in [4.69, 9.17) is 0 Å². The average molecular weight is 227 g/mol. The molecule has 1 heterocycles. The molecule has 0 saturated carbocycles. The Hall–Kier alpha value is -0.0800. The third kappa shape index (κ3) is 4.42. The van der Waals surface area contributed by atoms with E-state index in [9.17, 15) is 5.11 Å². The maximum atomic E-state index is 9.93. The Balaban J connectivity index is 2.12. The molecule has 1 aliphatic rings. The number of aliphatic hydroxyl groups is 1. The highest BCUT2D eigenvalue weighted by Gasteiger charge is 2.32. The molecule has 1 rings (SSSR count). The molecule has 2 heteroatoms. The van der Waals surface area contributed by atoms with Crippen molar-refractivity contribution in [3.63, 3.8) is 0 Å². The molecule has 0 amide bonds. The van der Waals surface area contributed by atoms with Crippen LogP contribution in [0, 0.1) is 11.8 Å². The van der Waals surface area contributed by atoms with E-state index in [2.05, 4.69) is 25.8 Å². The number of unbranched alkanes of at least 4 members (excludes halogenated alkanes) is 4. The zero-order valence-electron chi connectivity index (χ0n) is 11.3. The number of likely N-dealkylation sites (tertiary alicyclic amines) is 1. The molecule has 0 aliphatic carbocycles. The lowest BCUT2D eigenvalue weighted by Crippen LogP contribution is -2.24. The summed E-state index contributed by atoms with van der Waals surface area (Å²) < 4.78 is 0. The molecule has 96 valence electrons. The Morgan fingerprint density at radius 1 is 1.19 bits per heavy atom. The Bertz CT molecular complexity index is 184. The lowest BCUT2D eigenvalue weighted by Gasteiger charge is -2.21. The van der Waals surface area contributed by atoms with Crippen LogP contribution < -0.4 is 0 Å². The van der Waals surface area contributed by atoms with Crippen LogP contribution >= 0.6 is 0 Å². The zero-order chi connectivity index (χ0) is 12.0. The van der Waals surface area contributed by atoms with Gasteiger partial charge in [0, 0.05) is 19.0 Å². The number of nitrogens with zero attached hydrogens (tertiary/aromatic N) is 1. The Morgan fingerprint density at radius 2 is 1.88 bits per heavy atom. The van der Waals surface area contributed by atoms with Crippen molar-refractivity contribution in [3.8, 4) is 0 Å². The van der Waals surface area contributed by atoms with Crippen molar-refractivity contribution < 1.29 is 5.11 Å². The smallest absolute Gasteiger partial charge is 0.0709 e. The Morgan fingerprint density at radius 3 is 2.44 bits per heavy atom. The van der Waals surface area contributed by atoms with Gasteiger partial charge in [-0.25, -0.2) is 0 Å². The van der Waals surface area contributed by atoms with Crippen LogP contribution in [0.5, 0.6) is 0 Å². The number of rotatable bonds is 7. The van der Waals surface area contributed by atoms with Gasteiger partial charge in [-0.15, -0.1) is 0 Å². The van der Waals surface area contributed by atoms with Crippen molar-refractivity contribution in [2.24, 2.45) is 11.8 Å². The molecular formula is C14H29NO. The summed E-state index contributed by atoms with van der Waals surface area (Å²) in [5.74, 6) is 1.19. The molecular weight excluding hydrogens is 198 g/mol. The van der Waals surface area contributed by atoms with Crippen molar-refractivity contribution in [3.05, 3.63) is 0 Å². The van der Waals surface area contributed by atoms with E-state index < -0.39 is 0 Å². The van der Waals surface area contributed by atoms with Crippen LogP contribution in [0.4, 0.5) is 0 Å². The van der Waals surface area contributed by atoms with E-state index in [-0.39, 0.29) is 6.10 Å². The number of hydrogen-bond acceptors (Lipinski definition) is 2. The van der Waals surface area contributed by atoms with Crippen molar-refractivity contribution in [1.29, 1.82) is 0 Å². The van der Waals surface area contributed by atoms with Crippen LogP contribution in [-0.4, -0.2) is 36.2 Å². The average Bonchev–Trinajstić information content (AvgIpc) is 2.57. The van der Waals surface area contributed by atoms with Gasteiger partial charge < -0.3 is 10.0 Å². The minimum Gasteiger partial charge on any atom is -0.391 e. The summed E-state index contributed by atoms with van der Waals surface area (Å²) in [5, 5.41) is 9.93. The number of hydrogen-bond donors (Lipinski definition) is 1. The van der Waals surface area contributed by atoms with Crippen LogP contribution in [0.1, 0.15) is 52.4 Å². The van der Waals surface area contributed by atoms with Crippen LogP contribution in [-0.2, 0) is 0 Å². The molecule has 1 fully saturated rings. The molecule has 0 aromatic rings. The van der Waals surface area contributed by atoms with Gasteiger partial charge in [0.1, 0.15) is 0 Å². The van der Waals surface area contributed by atoms with Gasteiger partial charge in [0.25, 0.3) is 0 Å². The highest BCUT2D eigenvalue weighted by atomic mass is 16.3. The molecule has 0 bridgehead atoms. The minimum absolute atomic E-state index is 0.0874. The number of β-amino-alcohol motifs (C(OH)–C–C–N with tert-alkyl or cyclic N) is 1. The lowest BCUT2D eigenvalue weighted by molar-refractivity contribution is 0.113. The van der Waals surface area contributed by atoms with E-state index in [0.717, 1.165) is 13.1 Å². The lowest BCUT2D eigenvalue weighted by atomic mass is 9.87. The van der Waals surface area contributed by atoms with Crippen LogP contribution in [0.2, 0.25) is 0 Å². The summed E-state index contributed by atoms with van der Waals surface area (Å²) in [6.45, 7) is 6.52. The summed E-state index contributed by atoms with van der Waals surface area (Å²) in [6, 6.07) is 0. The summed E-state index contributed by atoms with van der Waals surface area (Å²) in [7, 11) is 2.11. The molecule has 3 atom stereocenters. The summed E-state index contributed by atoms with van der Waals surface area (Å²) in [4.78, 5) is 2.25. The fraction of sp³-hybridized carbons (Fsp3) is 1.00. The summed E-state index contributed by atoms with van der Waals surface area (Å²) in [6.07, 6.45) is 8.00. The molecule has 2 nitrogen and oxygen atoms in total. The van der Waals surface area contributed by atoms with E-state index >= 15 is 0 Å². The van der Waals surface area contributed by atoms with E-state index in [1.807, 2.05) is 0 Å². The van der Waals surface area contributed by atoms with E-state index in [1.165, 1.54) is 38.5 Å². The Kier molecular flexibility index (Phi) is 6.37. The van der Waals surface area contributed by atoms with Crippen LogP contribution in [0.15, 0.2) is 0 Å². The van der Waals surface area contributed by atoms with Crippen LogP contribution in [0.25, 0.3) is 0 Å². The fourth-order valence-corrected chi connectivity index (χ4v) is 2.85. The first kappa shape index (κ1) is 14.0. The van der Waals surface area contributed by atoms with Gasteiger partial charge in [0.05, 0.1) is 6.10 Å². The quantitative estimate of drug-likeness (QED) is 0.676. The standard InChI is InChI=1S/C14H29NO/c1-4-5-6-7-8-9-12(2)13-10-15(3)11-14(13)16/h12-14,16H,4-11H2,1-3H3/t12?,13?,14-/m1/s1. The predicted octanol–water partition coefficient (Wildman–Crippen LogP) is 2.91. The molecule has 0 aromatic heterocycles. The molecule has 0 radical (unpaired) electrons. The topological polar surface area (TPSA) is 23.5 Å². The summed E-state index contributed by atoms with van der Waals surface area (Å²) in [5.41, 5.74) is 0. The minimum atomic E-state index is -0.0874. The zero-order valence-corrected chi connectivity index (χ0v) is 11.3. The number of likely N-dealkylation sites (N-methyl/N-ethyl adjacent to an activating group) is 1. The predicted molar refractivity (Wildman–Crippen MR) is 69.5 cm³/mol. The molecule has 1 N–H and O–H groups in total. The van der Waals surface area contributed by atoms with Gasteiger partial charge in [-0.05, 0) is 13.0 Å². The SMILES string of the molecule is CCCCCCCC(C)C1CN(C)C[C@H]1O. The van der Waals surface area contributed by atoms with Gasteiger partial charge in [-0.1, -0.05) is 52.4 Å². The van der Waals surface area contributed by atoms with Crippen molar-refractivity contribution in [1.82, 2.24) is 4.90 Å². The first-order valence-electron chi connectivity index (χ1n) is 7.01. The Labute approximate surface area is 101 Å². The van der Waals surface area contributed by atoms with Crippen LogP contribution in [0.3, 0.4) is 0 Å². The maximum Gasteiger partial charge on any atom is 0.0709 e. The molecule has 16 heavy (non-hydrogen) atoms. The second-order valence-electron chi connectivity index (χ2n) is 5.63. The van der Waals surface area contributed by atoms with Gasteiger partial charge in [0.15, 0.2) is 0 Å². The molecule has 1 saturated heterocycles. The second kappa shape index (κ2) is 7.29. The van der Waals surface area contributed by atoms with Gasteiger partial charge >= 0.3 is 0 Å². The number of aliphatic hydroxyl groups excluding tert-OH is 1. The third-order valence-corrected chi connectivity index (χ3v) is 4.01. The molecule has 2 unspecified atom stereocenters. The van der Waals surface area contributed by atoms with Gasteiger partial charge in [-0.3, -0.25) is 0 Å². The fourth-order valence-electron chi connectivity index (χ4n) is 2.85. The largest absolute Gasteiger partial charge is 0.391 e. The van der Waals surface area contributed by atoms with E-state index in [1.54, 1.807) is 0 Å². The van der Waals surface area contributed by atoms with Crippen molar-refractivity contribution in [2.75, 3.05) is 20.1 Å². The molecule has 0 aromatic carbocycles. The highest BCUT2D eigenvalue weighted by Crippen LogP contribution is 2.27. The maximum absolute atomic E-state index is 9.93. The summed E-state index contributed by atoms with van der Waals surface area (Å²) >= 11 is 0. The second-order valence-corrected chi connectivity index (χ2v) is 5.63. The van der Waals surface area contributed by atoms with Gasteiger partial charge in [0.2, 0.25) is 0 Å². The van der Waals surface area contributed by atoms with Crippen molar-refractivity contribution >= 4 is 0 Å². The molecule has 0 spiro atoms. The van der Waals surface area contributed by atoms with E-state index in [0.29, 0.717) is 11.8 Å². The first-order chi connectivity index (χ1) is 7.65. The molecule has 1 aliphatic heterocycles. The monoisotopic (exact) mass is 227 g/mol. The van der Waals surface area contributed by atoms with Crippen molar-refractivity contribution in [2.45, 2.75) is 58.5 Å². The first-order valence-corrected chi connectivity index (χ1v) is 7.01. The highest BCUT2D eigenvalue weighted by molar-refractivity contribution is 4.84.